The number of halogens is 5. The Labute approximate surface area is 294 Å². The minimum atomic E-state index is -4.89. The van der Waals surface area contributed by atoms with Crippen LogP contribution in [0.5, 0.6) is 6.01 Å². The number of nitrogens with one attached hydrogen (secondary N) is 1. The van der Waals surface area contributed by atoms with E-state index in [1.165, 1.54) is 17.9 Å². The second-order valence-electron chi connectivity index (χ2n) is 13.8. The van der Waals surface area contributed by atoms with Crippen molar-refractivity contribution in [2.24, 2.45) is 5.41 Å². The molecule has 3 aromatic heterocycles. The molecule has 0 bridgehead atoms. The van der Waals surface area contributed by atoms with Crippen LogP contribution in [0, 0.1) is 18.2 Å². The highest BCUT2D eigenvalue weighted by Gasteiger charge is 2.47. The normalized spacial score (nSPS) is 22.8. The van der Waals surface area contributed by atoms with E-state index >= 15 is 4.39 Å². The molecule has 4 aromatic rings. The van der Waals surface area contributed by atoms with E-state index in [0.717, 1.165) is 55.7 Å². The number of rotatable bonds is 5. The number of hydrogen-bond acceptors (Lipinski definition) is 10. The molecular weight excluding hydrogens is 696 g/mol. The average Bonchev–Trinajstić information content (AvgIpc) is 3.70. The number of amides is 1. The number of ether oxygens (including phenoxy) is 1. The molecule has 272 valence electrons. The van der Waals surface area contributed by atoms with Gasteiger partial charge in [0.05, 0.1) is 28.5 Å². The topological polar surface area (TPSA) is 151 Å². The van der Waals surface area contributed by atoms with Crippen molar-refractivity contribution in [3.05, 3.63) is 50.7 Å². The van der Waals surface area contributed by atoms with Gasteiger partial charge in [0.1, 0.15) is 23.3 Å². The highest BCUT2D eigenvalue weighted by molar-refractivity contribution is 6.34. The quantitative estimate of drug-likeness (QED) is 0.265. The standard InChI is InChI=1S/C33H37ClF4N10O3/c1-17-12-22(39)41-28(25(17)33(36,37)38)24-20(34)13-19-27(26(24)35)42-30(51-16-32-7-4-6-21(32)45(3)9-5-8-32)43-29(19)47-11-10-46(15-18(47)2)31(50)48-40-14-23(49)44-48/h12-14,18,21H,4-11,15-16H2,1-3H3,(H2,39,41)(H,44,49)/t18-,21+,32+/m0/s1. The first-order chi connectivity index (χ1) is 24.2. The lowest BCUT2D eigenvalue weighted by Gasteiger charge is -2.44. The SMILES string of the molecule is Cc1cc(N)nc(-c2c(Cl)cc3c(N4CCN(C(=O)n5ncc(=O)[nH]5)C[C@@H]4C)nc(OC[C@]45CCC[C@H]4N(C)CCC5)nc3c2F)c1C(F)(F)F. The number of H-pyrrole nitrogens is 1. The lowest BCUT2D eigenvalue weighted by molar-refractivity contribution is -0.137. The van der Waals surface area contributed by atoms with Crippen LogP contribution >= 0.6 is 11.6 Å². The number of aryl methyl sites for hydroxylation is 1. The third-order valence-corrected chi connectivity index (χ3v) is 10.8. The lowest BCUT2D eigenvalue weighted by atomic mass is 9.76. The zero-order chi connectivity index (χ0) is 36.4. The molecule has 0 spiro atoms. The molecule has 3 atom stereocenters. The van der Waals surface area contributed by atoms with E-state index < -0.39 is 46.4 Å². The van der Waals surface area contributed by atoms with Crippen molar-refractivity contribution in [1.82, 2.24) is 39.7 Å². The number of carbonyl (C=O) groups excluding carboxylic acids is 1. The van der Waals surface area contributed by atoms with Crippen LogP contribution < -0.4 is 20.9 Å². The molecule has 0 unspecified atom stereocenters. The van der Waals surface area contributed by atoms with Gasteiger partial charge in [-0.05, 0) is 70.8 Å². The number of nitrogen functional groups attached to an aromatic ring is 1. The first kappa shape index (κ1) is 34.9. The summed E-state index contributed by atoms with van der Waals surface area (Å²) in [5.74, 6) is -1.13. The number of nitrogens with two attached hydrogens (primary N) is 1. The number of likely N-dealkylation sites (tertiary alicyclic amines) is 1. The third kappa shape index (κ3) is 6.23. The third-order valence-electron chi connectivity index (χ3n) is 10.5. The number of hydrogen-bond donors (Lipinski definition) is 2. The predicted octanol–water partition coefficient (Wildman–Crippen LogP) is 5.10. The number of piperidine rings is 1. The number of aromatic amines is 1. The van der Waals surface area contributed by atoms with E-state index in [9.17, 15) is 22.8 Å². The van der Waals surface area contributed by atoms with Crippen molar-refractivity contribution in [3.63, 3.8) is 0 Å². The van der Waals surface area contributed by atoms with Crippen LogP contribution in [-0.4, -0.2) is 97.7 Å². The van der Waals surface area contributed by atoms with Crippen LogP contribution in [0.1, 0.15) is 50.2 Å². The van der Waals surface area contributed by atoms with Crippen LogP contribution in [0.4, 0.5) is 34.0 Å². The number of fused-ring (bicyclic) bond motifs is 2. The molecule has 2 saturated heterocycles. The fourth-order valence-corrected chi connectivity index (χ4v) is 8.51. The van der Waals surface area contributed by atoms with E-state index in [-0.39, 0.29) is 70.8 Å². The molecule has 3 N–H and O–H groups in total. The largest absolute Gasteiger partial charge is 0.463 e. The number of alkyl halides is 3. The smallest absolute Gasteiger partial charge is 0.418 e. The molecule has 0 radical (unpaired) electrons. The van der Waals surface area contributed by atoms with E-state index in [1.54, 1.807) is 0 Å². The molecule has 2 aliphatic heterocycles. The summed E-state index contributed by atoms with van der Waals surface area (Å²) < 4.78 is 66.4. The maximum absolute atomic E-state index is 16.9. The van der Waals surface area contributed by atoms with Crippen LogP contribution in [0.15, 0.2) is 23.1 Å². The highest BCUT2D eigenvalue weighted by atomic mass is 35.5. The van der Waals surface area contributed by atoms with E-state index in [4.69, 9.17) is 27.1 Å². The van der Waals surface area contributed by atoms with E-state index in [0.29, 0.717) is 6.04 Å². The fourth-order valence-electron chi connectivity index (χ4n) is 8.23. The van der Waals surface area contributed by atoms with Gasteiger partial charge in [-0.2, -0.15) is 23.1 Å². The summed E-state index contributed by atoms with van der Waals surface area (Å²) in [5.41, 5.74) is 2.15. The monoisotopic (exact) mass is 732 g/mol. The Hall–Kier alpha value is -4.51. The number of pyridine rings is 1. The van der Waals surface area contributed by atoms with Crippen molar-refractivity contribution in [2.75, 3.05) is 50.5 Å². The summed E-state index contributed by atoms with van der Waals surface area (Å²) in [5, 5.41) is 5.91. The Kier molecular flexibility index (Phi) is 8.84. The molecule has 51 heavy (non-hydrogen) atoms. The average molecular weight is 733 g/mol. The summed E-state index contributed by atoms with van der Waals surface area (Å²) >= 11 is 6.64. The van der Waals surface area contributed by atoms with E-state index in [1.807, 2.05) is 11.8 Å². The van der Waals surface area contributed by atoms with Gasteiger partial charge in [-0.3, -0.25) is 4.79 Å². The maximum atomic E-state index is 16.9. The van der Waals surface area contributed by atoms with Gasteiger partial charge in [0.15, 0.2) is 5.82 Å². The van der Waals surface area contributed by atoms with Crippen LogP contribution in [-0.2, 0) is 6.18 Å². The van der Waals surface area contributed by atoms with Gasteiger partial charge < -0.3 is 25.2 Å². The number of carbonyl (C=O) groups is 1. The Morgan fingerprint density at radius 2 is 1.92 bits per heavy atom. The molecule has 1 aromatic carbocycles. The van der Waals surface area contributed by atoms with Gasteiger partial charge in [0.25, 0.3) is 5.56 Å². The van der Waals surface area contributed by atoms with Gasteiger partial charge in [0, 0.05) is 42.5 Å². The lowest BCUT2D eigenvalue weighted by Crippen LogP contribution is -2.55. The van der Waals surface area contributed by atoms with Crippen molar-refractivity contribution >= 4 is 40.2 Å². The molecule has 18 heteroatoms. The zero-order valence-electron chi connectivity index (χ0n) is 28.2. The summed E-state index contributed by atoms with van der Waals surface area (Å²) in [7, 11) is 2.10. The number of piperazine rings is 1. The molecular formula is C33H37ClF4N10O3. The maximum Gasteiger partial charge on any atom is 0.418 e. The van der Waals surface area contributed by atoms with Crippen molar-refractivity contribution in [3.8, 4) is 17.3 Å². The molecule has 13 nitrogen and oxygen atoms in total. The zero-order valence-corrected chi connectivity index (χ0v) is 29.0. The Morgan fingerprint density at radius 3 is 2.63 bits per heavy atom. The van der Waals surface area contributed by atoms with Gasteiger partial charge in [-0.1, -0.05) is 18.0 Å². The molecule has 5 heterocycles. The van der Waals surface area contributed by atoms with Gasteiger partial charge in [0.2, 0.25) is 0 Å². The molecule has 7 rings (SSSR count). The summed E-state index contributed by atoms with van der Waals surface area (Å²) in [4.78, 5) is 44.3. The Morgan fingerprint density at radius 1 is 1.16 bits per heavy atom. The molecule has 1 aliphatic carbocycles. The summed E-state index contributed by atoms with van der Waals surface area (Å²) in [6, 6.07) is 1.63. The van der Waals surface area contributed by atoms with Crippen molar-refractivity contribution in [2.45, 2.75) is 64.2 Å². The van der Waals surface area contributed by atoms with E-state index in [2.05, 4.69) is 32.1 Å². The second kappa shape index (κ2) is 12.9. The molecule has 1 saturated carbocycles. The van der Waals surface area contributed by atoms with Crippen LogP contribution in [0.2, 0.25) is 5.02 Å². The Bertz CT molecular complexity index is 2070. The minimum absolute atomic E-state index is 0.134. The first-order valence-electron chi connectivity index (χ1n) is 16.7. The first-order valence-corrected chi connectivity index (χ1v) is 17.1. The fraction of sp³-hybridized carbons (Fsp3) is 0.515. The molecule has 1 amide bonds. The summed E-state index contributed by atoms with van der Waals surface area (Å²) in [6.45, 7) is 4.89. The van der Waals surface area contributed by atoms with Gasteiger partial charge in [-0.15, -0.1) is 9.90 Å². The van der Waals surface area contributed by atoms with Crippen molar-refractivity contribution < 1.29 is 27.1 Å². The summed E-state index contributed by atoms with van der Waals surface area (Å²) in [6.07, 6.45) is 1.07. The number of aromatic nitrogens is 6. The Balaban J connectivity index is 1.33. The van der Waals surface area contributed by atoms with Crippen molar-refractivity contribution in [1.29, 1.82) is 0 Å². The van der Waals surface area contributed by atoms with Crippen LogP contribution in [0.25, 0.3) is 22.2 Å². The number of benzene rings is 1. The molecule has 3 aliphatic rings. The van der Waals surface area contributed by atoms with Gasteiger partial charge in [-0.25, -0.2) is 19.3 Å². The highest BCUT2D eigenvalue weighted by Crippen LogP contribution is 2.48. The van der Waals surface area contributed by atoms with Gasteiger partial charge >= 0.3 is 18.2 Å². The molecule has 3 fully saturated rings. The van der Waals surface area contributed by atoms with Crippen LogP contribution in [0.3, 0.4) is 0 Å². The minimum Gasteiger partial charge on any atom is -0.463 e. The number of anilines is 2. The second-order valence-corrected chi connectivity index (χ2v) is 14.2. The predicted molar refractivity (Wildman–Crippen MR) is 181 cm³/mol. The number of nitrogens with zero attached hydrogens (tertiary/aromatic N) is 8.